The second-order valence-electron chi connectivity index (χ2n) is 10.4. The molecule has 1 aliphatic rings. The number of ether oxygens (including phenoxy) is 2. The predicted octanol–water partition coefficient (Wildman–Crippen LogP) is 3.25. The summed E-state index contributed by atoms with van der Waals surface area (Å²) < 4.78 is 17.4. The maximum Gasteiger partial charge on any atom is 0.273 e. The van der Waals surface area contributed by atoms with Crippen LogP contribution in [0.4, 0.5) is 0 Å². The van der Waals surface area contributed by atoms with E-state index in [1.807, 2.05) is 19.9 Å². The number of amides is 3. The maximum atomic E-state index is 13.6. The molecule has 3 aromatic heterocycles. The second-order valence-corrected chi connectivity index (χ2v) is 11.3. The zero-order valence-electron chi connectivity index (χ0n) is 24.8. The van der Waals surface area contributed by atoms with Gasteiger partial charge >= 0.3 is 0 Å². The van der Waals surface area contributed by atoms with Crippen molar-refractivity contribution in [2.75, 3.05) is 26.8 Å². The molecule has 0 radical (unpaired) electrons. The van der Waals surface area contributed by atoms with Gasteiger partial charge in [0.25, 0.3) is 5.91 Å². The lowest BCUT2D eigenvalue weighted by molar-refractivity contribution is -0.130. The number of aromatic nitrogens is 4. The number of fused-ring (bicyclic) bond motifs is 5. The molecule has 13 nitrogen and oxygen atoms in total. The van der Waals surface area contributed by atoms with E-state index in [1.165, 1.54) is 16.2 Å². The van der Waals surface area contributed by atoms with Gasteiger partial charge < -0.3 is 29.4 Å². The number of benzene rings is 1. The number of hydrogen-bond donors (Lipinski definition) is 2. The van der Waals surface area contributed by atoms with E-state index in [-0.39, 0.29) is 43.8 Å². The van der Waals surface area contributed by atoms with Gasteiger partial charge in [-0.2, -0.15) is 0 Å². The first kappa shape index (κ1) is 30.6. The molecule has 4 heterocycles. The van der Waals surface area contributed by atoms with E-state index in [1.54, 1.807) is 50.0 Å². The minimum Gasteiger partial charge on any atom is -0.493 e. The van der Waals surface area contributed by atoms with Gasteiger partial charge in [0.2, 0.25) is 17.7 Å². The summed E-state index contributed by atoms with van der Waals surface area (Å²) >= 11 is 1.24. The largest absolute Gasteiger partial charge is 0.493 e. The van der Waals surface area contributed by atoms with Crippen LogP contribution in [0.5, 0.6) is 11.5 Å². The Morgan fingerprint density at radius 2 is 1.98 bits per heavy atom. The Morgan fingerprint density at radius 1 is 1.18 bits per heavy atom. The minimum absolute atomic E-state index is 0.106. The van der Waals surface area contributed by atoms with Crippen molar-refractivity contribution in [1.29, 1.82) is 0 Å². The fourth-order valence-electron chi connectivity index (χ4n) is 4.58. The molecule has 4 bridgehead atoms. The van der Waals surface area contributed by atoms with Gasteiger partial charge in [-0.05, 0) is 43.5 Å². The number of nitrogens with zero attached hydrogens (tertiary/aromatic N) is 5. The van der Waals surface area contributed by atoms with Gasteiger partial charge in [0.05, 0.1) is 26.8 Å². The molecule has 5 rings (SSSR count). The smallest absolute Gasteiger partial charge is 0.273 e. The van der Waals surface area contributed by atoms with Crippen molar-refractivity contribution >= 4 is 29.1 Å². The first-order chi connectivity index (χ1) is 21.2. The van der Waals surface area contributed by atoms with Crippen molar-refractivity contribution in [1.82, 2.24) is 35.5 Å². The molecule has 44 heavy (non-hydrogen) atoms. The molecule has 0 unspecified atom stereocenters. The molecule has 14 heteroatoms. The van der Waals surface area contributed by atoms with Crippen LogP contribution in [0.2, 0.25) is 0 Å². The van der Waals surface area contributed by atoms with Crippen LogP contribution in [0, 0.1) is 12.8 Å². The highest BCUT2D eigenvalue weighted by Gasteiger charge is 2.28. The number of hydrogen-bond acceptors (Lipinski definition) is 11. The number of rotatable bonds is 4. The molecule has 0 saturated carbocycles. The Balaban J connectivity index is 1.42. The minimum atomic E-state index is -0.835. The molecule has 1 atom stereocenters. The molecule has 0 aliphatic carbocycles. The van der Waals surface area contributed by atoms with Crippen LogP contribution in [-0.2, 0) is 16.1 Å². The highest BCUT2D eigenvalue weighted by molar-refractivity contribution is 7.13. The van der Waals surface area contributed by atoms with Crippen molar-refractivity contribution < 1.29 is 28.3 Å². The summed E-state index contributed by atoms with van der Waals surface area (Å²) in [4.78, 5) is 58.9. The summed E-state index contributed by atoms with van der Waals surface area (Å²) in [5, 5.41) is 7.76. The number of methoxy groups -OCH3 is 1. The Bertz CT molecular complexity index is 1640. The van der Waals surface area contributed by atoms with Crippen molar-refractivity contribution in [3.05, 3.63) is 59.2 Å². The van der Waals surface area contributed by atoms with Gasteiger partial charge in [-0.1, -0.05) is 13.8 Å². The topological polar surface area (TPSA) is 162 Å². The number of nitrogens with one attached hydrogen (secondary N) is 2. The molecule has 4 aromatic rings. The highest BCUT2D eigenvalue weighted by Crippen LogP contribution is 2.33. The van der Waals surface area contributed by atoms with Crippen LogP contribution in [0.15, 0.2) is 46.5 Å². The highest BCUT2D eigenvalue weighted by atomic mass is 32.1. The molecule has 0 spiro atoms. The summed E-state index contributed by atoms with van der Waals surface area (Å²) in [6, 6.07) is 6.19. The summed E-state index contributed by atoms with van der Waals surface area (Å²) in [5.41, 5.74) is 1.40. The third-order valence-electron chi connectivity index (χ3n) is 6.93. The fraction of sp³-hybridized carbons (Fsp3) is 0.367. The lowest BCUT2D eigenvalue weighted by atomic mass is 10.0. The van der Waals surface area contributed by atoms with E-state index in [0.29, 0.717) is 51.7 Å². The zero-order chi connectivity index (χ0) is 31.2. The van der Waals surface area contributed by atoms with Gasteiger partial charge in [-0.3, -0.25) is 14.4 Å². The lowest BCUT2D eigenvalue weighted by Crippen LogP contribution is -2.52. The van der Waals surface area contributed by atoms with Crippen molar-refractivity contribution in [2.24, 2.45) is 5.92 Å². The van der Waals surface area contributed by atoms with Gasteiger partial charge in [-0.15, -0.1) is 11.3 Å². The normalized spacial score (nSPS) is 16.4. The van der Waals surface area contributed by atoms with E-state index in [4.69, 9.17) is 13.9 Å². The van der Waals surface area contributed by atoms with E-state index in [0.717, 1.165) is 0 Å². The number of oxazole rings is 1. The maximum absolute atomic E-state index is 13.6. The molecule has 1 aromatic carbocycles. The number of aryl methyl sites for hydroxylation is 1. The molecule has 0 saturated heterocycles. The number of carbonyl (C=O) groups is 3. The van der Waals surface area contributed by atoms with Crippen LogP contribution >= 0.6 is 11.3 Å². The molecular formula is C30H33N7O6S. The van der Waals surface area contributed by atoms with Crippen molar-refractivity contribution in [2.45, 2.75) is 39.8 Å². The van der Waals surface area contributed by atoms with E-state index in [2.05, 4.69) is 30.6 Å². The lowest BCUT2D eigenvalue weighted by Gasteiger charge is -2.25. The summed E-state index contributed by atoms with van der Waals surface area (Å²) in [5.74, 6) is 0.805. The first-order valence-electron chi connectivity index (χ1n) is 14.1. The molecule has 3 amide bonds. The Labute approximate surface area is 258 Å². The summed E-state index contributed by atoms with van der Waals surface area (Å²) in [7, 11) is 1.54. The summed E-state index contributed by atoms with van der Waals surface area (Å²) in [6.07, 6.45) is 3.58. The quantitative estimate of drug-likeness (QED) is 0.347. The van der Waals surface area contributed by atoms with Crippen LogP contribution in [0.25, 0.3) is 22.3 Å². The average molecular weight is 620 g/mol. The van der Waals surface area contributed by atoms with Crippen molar-refractivity contribution in [3.8, 4) is 33.8 Å². The van der Waals surface area contributed by atoms with E-state index >= 15 is 0 Å². The van der Waals surface area contributed by atoms with Gasteiger partial charge in [0, 0.05) is 29.9 Å². The SMILES string of the molecule is COc1ccc2cc1OCCCN(C(=O)c1csc(-c3ncccn3)n1)CC(=O)N[C@@H](C(C)C)C(=O)NCc1nc-2oc1C. The molecule has 2 N–H and O–H groups in total. The van der Waals surface area contributed by atoms with E-state index in [9.17, 15) is 14.4 Å². The Morgan fingerprint density at radius 3 is 2.73 bits per heavy atom. The van der Waals surface area contributed by atoms with Crippen LogP contribution in [-0.4, -0.2) is 75.4 Å². The Kier molecular flexibility index (Phi) is 9.48. The third-order valence-corrected chi connectivity index (χ3v) is 7.77. The fourth-order valence-corrected chi connectivity index (χ4v) is 5.32. The monoisotopic (exact) mass is 619 g/mol. The van der Waals surface area contributed by atoms with Crippen LogP contribution < -0.4 is 20.1 Å². The first-order valence-corrected chi connectivity index (χ1v) is 15.0. The third kappa shape index (κ3) is 7.02. The van der Waals surface area contributed by atoms with E-state index < -0.39 is 17.9 Å². The zero-order valence-corrected chi connectivity index (χ0v) is 25.6. The number of carbonyl (C=O) groups excluding carboxylic acids is 3. The molecule has 1 aliphatic heterocycles. The number of thiazole rings is 1. The van der Waals surface area contributed by atoms with Gasteiger partial charge in [0.1, 0.15) is 23.2 Å². The standard InChI is InChI=1S/C30H33N7O6S/c1-17(2)25-27(39)33-14-20-18(3)43-28(34-20)19-7-8-22(41-4)23(13-19)42-12-6-11-37(15-24(38)36-25)30(40)21-16-44-29(35-21)26-31-9-5-10-32-26/h5,7-10,13,16-17,25H,6,11-12,14-15H2,1-4H3,(H,33,39)(H,36,38)/t25-/m0/s1. The van der Waals surface area contributed by atoms with Crippen molar-refractivity contribution in [3.63, 3.8) is 0 Å². The predicted molar refractivity (Wildman–Crippen MR) is 161 cm³/mol. The van der Waals surface area contributed by atoms with Gasteiger partial charge in [-0.25, -0.2) is 19.9 Å². The van der Waals surface area contributed by atoms with Crippen LogP contribution in [0.3, 0.4) is 0 Å². The molecule has 0 fully saturated rings. The summed E-state index contributed by atoms with van der Waals surface area (Å²) in [6.45, 7) is 5.66. The average Bonchev–Trinajstić information content (AvgIpc) is 3.67. The Hall–Kier alpha value is -4.85. The molecule has 230 valence electrons. The van der Waals surface area contributed by atoms with Gasteiger partial charge in [0.15, 0.2) is 22.3 Å². The second kappa shape index (κ2) is 13.6. The molecular weight excluding hydrogens is 586 g/mol. The van der Waals surface area contributed by atoms with Crippen LogP contribution in [0.1, 0.15) is 42.2 Å².